The fourth-order valence-corrected chi connectivity index (χ4v) is 1.54. The van der Waals surface area contributed by atoms with Gasteiger partial charge in [0.1, 0.15) is 0 Å². The molecule has 4 nitrogen and oxygen atoms in total. The van der Waals surface area contributed by atoms with E-state index in [4.69, 9.17) is 20.9 Å². The summed E-state index contributed by atoms with van der Waals surface area (Å²) in [5.74, 6) is 0. The first-order valence-corrected chi connectivity index (χ1v) is 5.18. The summed E-state index contributed by atoms with van der Waals surface area (Å²) in [4.78, 5) is 0. The highest BCUT2D eigenvalue weighted by Gasteiger charge is 2.34. The molecule has 0 heterocycles. The highest BCUT2D eigenvalue weighted by atomic mass is 19.4. The molecule has 100 valence electrons. The average Bonchev–Trinajstić information content (AvgIpc) is 2.27. The molecule has 0 saturated carbocycles. The SMILES string of the molecule is N[C@H](CO)Cc1ccc(B(O)O)cc1C(F)(F)F. The van der Waals surface area contributed by atoms with Crippen LogP contribution in [0.15, 0.2) is 18.2 Å². The van der Waals surface area contributed by atoms with Crippen molar-refractivity contribution >= 4 is 12.6 Å². The van der Waals surface area contributed by atoms with Crippen LogP contribution >= 0.6 is 0 Å². The summed E-state index contributed by atoms with van der Waals surface area (Å²) in [6, 6.07) is 2.19. The molecular formula is C10H13BF3NO3. The second kappa shape index (κ2) is 5.70. The van der Waals surface area contributed by atoms with E-state index in [0.29, 0.717) is 6.07 Å². The number of aliphatic hydroxyl groups excluding tert-OH is 1. The van der Waals surface area contributed by atoms with Gasteiger partial charge in [-0.2, -0.15) is 13.2 Å². The van der Waals surface area contributed by atoms with E-state index >= 15 is 0 Å². The fourth-order valence-electron chi connectivity index (χ4n) is 1.54. The van der Waals surface area contributed by atoms with Crippen molar-refractivity contribution < 1.29 is 28.3 Å². The molecule has 0 amide bonds. The minimum atomic E-state index is -4.62. The highest BCUT2D eigenvalue weighted by Crippen LogP contribution is 2.31. The zero-order valence-corrected chi connectivity index (χ0v) is 9.35. The molecule has 0 spiro atoms. The van der Waals surface area contributed by atoms with Crippen molar-refractivity contribution in [2.45, 2.75) is 18.6 Å². The molecule has 0 aromatic heterocycles. The Bertz CT molecular complexity index is 412. The van der Waals surface area contributed by atoms with E-state index in [0.717, 1.165) is 6.07 Å². The Hall–Kier alpha value is -1.09. The van der Waals surface area contributed by atoms with Crippen LogP contribution in [0.2, 0.25) is 0 Å². The third-order valence-corrected chi connectivity index (χ3v) is 2.45. The van der Waals surface area contributed by atoms with Crippen LogP contribution in [-0.4, -0.2) is 34.9 Å². The van der Waals surface area contributed by atoms with Gasteiger partial charge < -0.3 is 20.9 Å². The van der Waals surface area contributed by atoms with E-state index in [2.05, 4.69) is 0 Å². The molecule has 0 aliphatic carbocycles. The maximum atomic E-state index is 12.8. The Morgan fingerprint density at radius 1 is 1.28 bits per heavy atom. The molecule has 0 aliphatic heterocycles. The number of nitrogens with two attached hydrogens (primary N) is 1. The predicted molar refractivity (Wildman–Crippen MR) is 60.0 cm³/mol. The number of aliphatic hydroxyl groups is 1. The van der Waals surface area contributed by atoms with Crippen molar-refractivity contribution in [3.63, 3.8) is 0 Å². The van der Waals surface area contributed by atoms with Gasteiger partial charge in [0.2, 0.25) is 0 Å². The van der Waals surface area contributed by atoms with Crippen LogP contribution in [0.4, 0.5) is 13.2 Å². The third kappa shape index (κ3) is 3.71. The first-order chi connectivity index (χ1) is 8.25. The number of halogens is 3. The molecule has 0 fully saturated rings. The standard InChI is InChI=1S/C10H13BF3NO3/c12-10(13,14)9-4-7(11(17)18)2-1-6(9)3-8(15)5-16/h1-2,4,8,16-18H,3,5,15H2/t8-/m0/s1. The van der Waals surface area contributed by atoms with E-state index in [1.54, 1.807) is 0 Å². The van der Waals surface area contributed by atoms with E-state index < -0.39 is 31.5 Å². The summed E-state index contributed by atoms with van der Waals surface area (Å²) in [5, 5.41) is 26.5. The number of hydrogen-bond donors (Lipinski definition) is 4. The van der Waals surface area contributed by atoms with Crippen molar-refractivity contribution in [1.82, 2.24) is 0 Å². The summed E-state index contributed by atoms with van der Waals surface area (Å²) in [7, 11) is -1.97. The van der Waals surface area contributed by atoms with E-state index in [9.17, 15) is 13.2 Å². The second-order valence-corrected chi connectivity index (χ2v) is 3.93. The van der Waals surface area contributed by atoms with Crippen LogP contribution in [0, 0.1) is 0 Å². The van der Waals surface area contributed by atoms with Crippen molar-refractivity contribution in [1.29, 1.82) is 0 Å². The zero-order valence-electron chi connectivity index (χ0n) is 9.35. The van der Waals surface area contributed by atoms with Gasteiger partial charge in [-0.3, -0.25) is 0 Å². The van der Waals surface area contributed by atoms with Gasteiger partial charge in [0, 0.05) is 6.04 Å². The minimum Gasteiger partial charge on any atom is -0.423 e. The van der Waals surface area contributed by atoms with E-state index in [1.807, 2.05) is 0 Å². The monoisotopic (exact) mass is 263 g/mol. The quantitative estimate of drug-likeness (QED) is 0.538. The number of alkyl halides is 3. The lowest BCUT2D eigenvalue weighted by Crippen LogP contribution is -2.33. The molecule has 0 saturated heterocycles. The molecule has 1 atom stereocenters. The first kappa shape index (κ1) is 15.0. The summed E-state index contributed by atoms with van der Waals surface area (Å²) in [5.41, 5.74) is 4.09. The number of hydrogen-bond acceptors (Lipinski definition) is 4. The van der Waals surface area contributed by atoms with Crippen molar-refractivity contribution in [3.05, 3.63) is 29.3 Å². The van der Waals surface area contributed by atoms with Gasteiger partial charge in [0.05, 0.1) is 12.2 Å². The van der Waals surface area contributed by atoms with Crippen LogP contribution in [0.1, 0.15) is 11.1 Å². The Balaban J connectivity index is 3.17. The van der Waals surface area contributed by atoms with Crippen LogP contribution in [-0.2, 0) is 12.6 Å². The zero-order chi connectivity index (χ0) is 13.9. The molecule has 18 heavy (non-hydrogen) atoms. The van der Waals surface area contributed by atoms with Crippen LogP contribution < -0.4 is 11.2 Å². The van der Waals surface area contributed by atoms with Gasteiger partial charge in [0.25, 0.3) is 0 Å². The Morgan fingerprint density at radius 3 is 2.33 bits per heavy atom. The fraction of sp³-hybridized carbons (Fsp3) is 0.400. The van der Waals surface area contributed by atoms with E-state index in [-0.39, 0.29) is 17.4 Å². The van der Waals surface area contributed by atoms with Gasteiger partial charge >= 0.3 is 13.3 Å². The molecule has 0 radical (unpaired) electrons. The van der Waals surface area contributed by atoms with Crippen molar-refractivity contribution in [3.8, 4) is 0 Å². The number of rotatable bonds is 4. The summed E-state index contributed by atoms with van der Waals surface area (Å²) in [6.45, 7) is -0.429. The number of benzene rings is 1. The molecule has 8 heteroatoms. The molecule has 1 aromatic carbocycles. The summed E-state index contributed by atoms with van der Waals surface area (Å²) >= 11 is 0. The van der Waals surface area contributed by atoms with E-state index in [1.165, 1.54) is 6.07 Å². The largest absolute Gasteiger partial charge is 0.488 e. The predicted octanol–water partition coefficient (Wildman–Crippen LogP) is -0.753. The Kier molecular flexibility index (Phi) is 4.74. The maximum Gasteiger partial charge on any atom is 0.488 e. The molecular weight excluding hydrogens is 250 g/mol. The Labute approximate surface area is 102 Å². The second-order valence-electron chi connectivity index (χ2n) is 3.93. The molecule has 0 aliphatic rings. The summed E-state index contributed by atoms with van der Waals surface area (Å²) in [6.07, 6.45) is -4.76. The highest BCUT2D eigenvalue weighted by molar-refractivity contribution is 6.58. The molecule has 0 unspecified atom stereocenters. The minimum absolute atomic E-state index is 0.0894. The van der Waals surface area contributed by atoms with Gasteiger partial charge in [-0.1, -0.05) is 12.1 Å². The lowest BCUT2D eigenvalue weighted by atomic mass is 9.78. The summed E-state index contributed by atoms with van der Waals surface area (Å²) < 4.78 is 38.3. The molecule has 0 bridgehead atoms. The maximum absolute atomic E-state index is 12.8. The van der Waals surface area contributed by atoms with Gasteiger partial charge in [-0.25, -0.2) is 0 Å². The third-order valence-electron chi connectivity index (χ3n) is 2.45. The first-order valence-electron chi connectivity index (χ1n) is 5.18. The van der Waals surface area contributed by atoms with Crippen molar-refractivity contribution in [2.24, 2.45) is 5.73 Å². The molecule has 5 N–H and O–H groups in total. The van der Waals surface area contributed by atoms with Gasteiger partial charge in [0.15, 0.2) is 0 Å². The lowest BCUT2D eigenvalue weighted by Gasteiger charge is -2.16. The molecule has 1 rings (SSSR count). The van der Waals surface area contributed by atoms with Crippen LogP contribution in [0.3, 0.4) is 0 Å². The van der Waals surface area contributed by atoms with Crippen LogP contribution in [0.5, 0.6) is 0 Å². The topological polar surface area (TPSA) is 86.7 Å². The van der Waals surface area contributed by atoms with Crippen molar-refractivity contribution in [2.75, 3.05) is 6.61 Å². The molecule has 1 aromatic rings. The normalized spacial score (nSPS) is 13.5. The smallest absolute Gasteiger partial charge is 0.423 e. The Morgan fingerprint density at radius 2 is 1.89 bits per heavy atom. The van der Waals surface area contributed by atoms with Gasteiger partial charge in [-0.05, 0) is 23.5 Å². The average molecular weight is 263 g/mol. The van der Waals surface area contributed by atoms with Crippen LogP contribution in [0.25, 0.3) is 0 Å². The van der Waals surface area contributed by atoms with Gasteiger partial charge in [-0.15, -0.1) is 0 Å². The lowest BCUT2D eigenvalue weighted by molar-refractivity contribution is -0.138.